The number of hydrogen-bond acceptors (Lipinski definition) is 6. The zero-order chi connectivity index (χ0) is 13.0. The van der Waals surface area contributed by atoms with Gasteiger partial charge in [0.2, 0.25) is 0 Å². The molecular weight excluding hydrogens is 272 g/mol. The van der Waals surface area contributed by atoms with Crippen LogP contribution in [0.25, 0.3) is 0 Å². The maximum absolute atomic E-state index is 10.9. The van der Waals surface area contributed by atoms with Crippen LogP contribution < -0.4 is 0 Å². The fourth-order valence-electron chi connectivity index (χ4n) is 1.31. The van der Waals surface area contributed by atoms with Crippen LogP contribution in [0.4, 0.5) is 5.69 Å². The van der Waals surface area contributed by atoms with E-state index in [0.29, 0.717) is 9.09 Å². The summed E-state index contributed by atoms with van der Waals surface area (Å²) >= 11 is 2.59. The van der Waals surface area contributed by atoms with Crippen molar-refractivity contribution in [3.05, 3.63) is 45.6 Å². The number of nitrogens with zero attached hydrogens (tertiary/aromatic N) is 2. The molecule has 0 aliphatic rings. The molecule has 2 aromatic rings. The highest BCUT2D eigenvalue weighted by molar-refractivity contribution is 8.01. The summed E-state index contributed by atoms with van der Waals surface area (Å²) in [5.41, 5.74) is 0.0543. The van der Waals surface area contributed by atoms with Gasteiger partial charge in [-0.3, -0.25) is 15.1 Å². The molecule has 0 saturated heterocycles. The van der Waals surface area contributed by atoms with E-state index in [1.807, 2.05) is 0 Å². The number of aldehydes is 1. The Bertz CT molecular complexity index is 569. The predicted molar refractivity (Wildman–Crippen MR) is 69.1 cm³/mol. The number of nitro groups is 1. The topological polar surface area (TPSA) is 73.1 Å². The van der Waals surface area contributed by atoms with E-state index in [1.54, 1.807) is 24.5 Å². The predicted octanol–water partition coefficient (Wildman–Crippen LogP) is 2.94. The van der Waals surface area contributed by atoms with Crippen molar-refractivity contribution in [1.82, 2.24) is 4.98 Å². The average molecular weight is 280 g/mol. The zero-order valence-corrected chi connectivity index (χ0v) is 10.7. The first-order valence-electron chi connectivity index (χ1n) is 4.99. The van der Waals surface area contributed by atoms with E-state index in [4.69, 9.17) is 0 Å². The molecule has 0 bridgehead atoms. The maximum atomic E-state index is 10.9. The van der Waals surface area contributed by atoms with Crippen LogP contribution in [0.15, 0.2) is 39.7 Å². The average Bonchev–Trinajstić information content (AvgIpc) is 2.74. The Morgan fingerprint density at radius 2 is 2.17 bits per heavy atom. The molecule has 5 nitrogen and oxygen atoms in total. The van der Waals surface area contributed by atoms with Gasteiger partial charge in [0.25, 0.3) is 5.69 Å². The number of rotatable bonds is 5. The van der Waals surface area contributed by atoms with Crippen LogP contribution in [0.1, 0.15) is 4.88 Å². The zero-order valence-electron chi connectivity index (χ0n) is 9.11. The lowest BCUT2D eigenvalue weighted by Crippen LogP contribution is -1.86. The second-order valence-corrected chi connectivity index (χ2v) is 5.78. The first kappa shape index (κ1) is 12.7. The molecule has 0 aliphatic carbocycles. The maximum Gasteiger partial charge on any atom is 0.294 e. The van der Waals surface area contributed by atoms with Gasteiger partial charge in [-0.1, -0.05) is 11.8 Å². The van der Waals surface area contributed by atoms with Crippen LogP contribution in [0, 0.1) is 10.1 Å². The highest BCUT2D eigenvalue weighted by Gasteiger charge is 2.19. The minimum absolute atomic E-state index is 0.0543. The van der Waals surface area contributed by atoms with Crippen molar-refractivity contribution in [3.63, 3.8) is 0 Å². The van der Waals surface area contributed by atoms with Crippen molar-refractivity contribution in [2.75, 3.05) is 0 Å². The van der Waals surface area contributed by atoms with Gasteiger partial charge in [-0.05, 0) is 12.1 Å². The molecule has 0 aliphatic heterocycles. The highest BCUT2D eigenvalue weighted by Crippen LogP contribution is 2.41. The number of hydrogen-bond donors (Lipinski definition) is 0. The van der Waals surface area contributed by atoms with Gasteiger partial charge in [-0.2, -0.15) is 0 Å². The third-order valence-electron chi connectivity index (χ3n) is 2.07. The summed E-state index contributed by atoms with van der Waals surface area (Å²) in [7, 11) is 0. The lowest BCUT2D eigenvalue weighted by molar-refractivity contribution is -0.387. The second kappa shape index (κ2) is 5.74. The molecule has 0 radical (unpaired) electrons. The third-order valence-corrected chi connectivity index (χ3v) is 4.42. The van der Waals surface area contributed by atoms with Crippen LogP contribution in [0.5, 0.6) is 0 Å². The van der Waals surface area contributed by atoms with E-state index < -0.39 is 4.92 Å². The summed E-state index contributed by atoms with van der Waals surface area (Å²) in [6, 6.07) is 5.03. The molecule has 7 heteroatoms. The summed E-state index contributed by atoms with van der Waals surface area (Å²) in [6.07, 6.45) is 4.22. The fraction of sp³-hybridized carbons (Fsp3) is 0.0909. The summed E-state index contributed by atoms with van der Waals surface area (Å²) in [6.45, 7) is 0. The Morgan fingerprint density at radius 3 is 2.78 bits per heavy atom. The molecule has 2 heterocycles. The summed E-state index contributed by atoms with van der Waals surface area (Å²) in [4.78, 5) is 26.4. The van der Waals surface area contributed by atoms with Gasteiger partial charge < -0.3 is 4.79 Å². The summed E-state index contributed by atoms with van der Waals surface area (Å²) < 4.78 is 0.586. The van der Waals surface area contributed by atoms with E-state index >= 15 is 0 Å². The molecule has 0 spiro atoms. The Morgan fingerprint density at radius 1 is 1.44 bits per heavy atom. The van der Waals surface area contributed by atoms with E-state index in [0.717, 1.165) is 11.2 Å². The third kappa shape index (κ3) is 2.93. The summed E-state index contributed by atoms with van der Waals surface area (Å²) in [5.74, 6) is 0. The van der Waals surface area contributed by atoms with Crippen LogP contribution in [0.3, 0.4) is 0 Å². The minimum Gasteiger partial charge on any atom is -0.303 e. The molecule has 18 heavy (non-hydrogen) atoms. The molecule has 2 aromatic heterocycles. The van der Waals surface area contributed by atoms with E-state index in [1.165, 1.54) is 29.2 Å². The lowest BCUT2D eigenvalue weighted by Gasteiger charge is -1.96. The van der Waals surface area contributed by atoms with Gasteiger partial charge in [0.05, 0.1) is 4.92 Å². The van der Waals surface area contributed by atoms with Crippen LogP contribution in [0.2, 0.25) is 0 Å². The van der Waals surface area contributed by atoms with Crippen molar-refractivity contribution in [2.45, 2.75) is 15.5 Å². The minimum atomic E-state index is -0.422. The number of pyridine rings is 1. The Kier molecular flexibility index (Phi) is 4.06. The number of thiophene rings is 1. The lowest BCUT2D eigenvalue weighted by atomic mass is 10.3. The molecule has 0 N–H and O–H groups in total. The van der Waals surface area contributed by atoms with Crippen LogP contribution in [-0.2, 0) is 11.2 Å². The quantitative estimate of drug-likeness (QED) is 0.478. The normalized spacial score (nSPS) is 10.2. The molecule has 0 unspecified atom stereocenters. The number of aromatic nitrogens is 1. The second-order valence-electron chi connectivity index (χ2n) is 3.30. The van der Waals surface area contributed by atoms with Crippen molar-refractivity contribution < 1.29 is 9.72 Å². The SMILES string of the molecule is O=CCc1cc([N+](=O)[O-])c(Sc2ccncc2)s1. The number of carbonyl (C=O) groups excluding carboxylic acids is 1. The van der Waals surface area contributed by atoms with E-state index in [-0.39, 0.29) is 12.1 Å². The van der Waals surface area contributed by atoms with Crippen molar-refractivity contribution in [3.8, 4) is 0 Å². The number of carbonyl (C=O) groups is 1. The van der Waals surface area contributed by atoms with E-state index in [2.05, 4.69) is 4.98 Å². The van der Waals surface area contributed by atoms with E-state index in [9.17, 15) is 14.9 Å². The van der Waals surface area contributed by atoms with Crippen LogP contribution in [-0.4, -0.2) is 16.2 Å². The van der Waals surface area contributed by atoms with Gasteiger partial charge in [0.15, 0.2) is 0 Å². The Labute approximate surface area is 111 Å². The highest BCUT2D eigenvalue weighted by atomic mass is 32.2. The first-order chi connectivity index (χ1) is 8.70. The van der Waals surface area contributed by atoms with Gasteiger partial charge in [-0.15, -0.1) is 11.3 Å². The van der Waals surface area contributed by atoms with Gasteiger partial charge in [-0.25, -0.2) is 0 Å². The van der Waals surface area contributed by atoms with Crippen molar-refractivity contribution >= 4 is 35.1 Å². The standard InChI is InChI=1S/C11H8N2O3S2/c14-6-3-9-7-10(13(15)16)11(18-9)17-8-1-4-12-5-2-8/h1-2,4-7H,3H2. The van der Waals surface area contributed by atoms with Crippen molar-refractivity contribution in [2.24, 2.45) is 0 Å². The monoisotopic (exact) mass is 280 g/mol. The molecular formula is C11H8N2O3S2. The smallest absolute Gasteiger partial charge is 0.294 e. The molecule has 0 amide bonds. The summed E-state index contributed by atoms with van der Waals surface area (Å²) in [5, 5.41) is 10.9. The van der Waals surface area contributed by atoms with Crippen molar-refractivity contribution in [1.29, 1.82) is 0 Å². The molecule has 0 saturated carbocycles. The first-order valence-corrected chi connectivity index (χ1v) is 6.62. The molecule has 0 atom stereocenters. The van der Waals surface area contributed by atoms with Gasteiger partial charge in [0, 0.05) is 34.7 Å². The molecule has 2 rings (SSSR count). The fourth-order valence-corrected chi connectivity index (χ4v) is 3.59. The van der Waals surface area contributed by atoms with Gasteiger partial charge in [0.1, 0.15) is 10.5 Å². The Balaban J connectivity index is 2.31. The largest absolute Gasteiger partial charge is 0.303 e. The Hall–Kier alpha value is -1.73. The molecule has 0 fully saturated rings. The molecule has 92 valence electrons. The van der Waals surface area contributed by atoms with Crippen LogP contribution >= 0.6 is 23.1 Å². The molecule has 0 aromatic carbocycles. The van der Waals surface area contributed by atoms with Gasteiger partial charge >= 0.3 is 0 Å².